The minimum absolute atomic E-state index is 0.120. The number of aromatic nitrogens is 1. The van der Waals surface area contributed by atoms with E-state index in [0.29, 0.717) is 20.6 Å². The molecule has 0 aliphatic heterocycles. The molecule has 2 aromatic heterocycles. The number of halogens is 1. The van der Waals surface area contributed by atoms with Crippen molar-refractivity contribution in [3.05, 3.63) is 81.8 Å². The van der Waals surface area contributed by atoms with E-state index in [1.807, 2.05) is 55.0 Å². The predicted molar refractivity (Wildman–Crippen MR) is 106 cm³/mol. The number of thiophene rings is 1. The van der Waals surface area contributed by atoms with Gasteiger partial charge in [-0.1, -0.05) is 36.0 Å². The van der Waals surface area contributed by atoms with E-state index in [-0.39, 0.29) is 5.76 Å². The predicted octanol–water partition coefficient (Wildman–Crippen LogP) is 4.12. The number of rotatable bonds is 4. The third-order valence-corrected chi connectivity index (χ3v) is 4.86. The summed E-state index contributed by atoms with van der Waals surface area (Å²) in [4.78, 5) is 0.982. The lowest BCUT2D eigenvalue weighted by atomic mass is 10.2. The molecular weight excluding hydrogens is 372 g/mol. The number of benzene rings is 1. The van der Waals surface area contributed by atoms with Crippen molar-refractivity contribution in [3.63, 3.8) is 0 Å². The number of hydrogen-bond acceptors (Lipinski definition) is 3. The van der Waals surface area contributed by atoms with Gasteiger partial charge < -0.3 is 10.4 Å². The second kappa shape index (κ2) is 7.78. The fraction of sp³-hybridized carbons (Fsp3) is 0.0526. The smallest absolute Gasteiger partial charge is 0.239 e. The lowest BCUT2D eigenvalue weighted by Crippen LogP contribution is -2.40. The molecule has 0 atom stereocenters. The first-order valence-electron chi connectivity index (χ1n) is 7.55. The summed E-state index contributed by atoms with van der Waals surface area (Å²) >= 11 is 13.0. The van der Waals surface area contributed by atoms with Crippen molar-refractivity contribution in [3.8, 4) is 0 Å². The van der Waals surface area contributed by atoms with Gasteiger partial charge >= 0.3 is 0 Å². The zero-order chi connectivity index (χ0) is 17.8. The van der Waals surface area contributed by atoms with Gasteiger partial charge in [0.25, 0.3) is 0 Å². The van der Waals surface area contributed by atoms with Gasteiger partial charge in [-0.3, -0.25) is 0 Å². The van der Waals surface area contributed by atoms with E-state index < -0.39 is 0 Å². The van der Waals surface area contributed by atoms with Gasteiger partial charge in [0, 0.05) is 27.2 Å². The second-order valence-electron chi connectivity index (χ2n) is 5.41. The number of thiocarbonyl (C=S) groups is 1. The Balaban J connectivity index is 2.05. The van der Waals surface area contributed by atoms with Gasteiger partial charge in [0.05, 0.1) is 0 Å². The average Bonchev–Trinajstić information content (AvgIpc) is 3.09. The van der Waals surface area contributed by atoms with Crippen LogP contribution in [-0.4, -0.2) is 4.99 Å². The van der Waals surface area contributed by atoms with Gasteiger partial charge in [-0.15, -0.1) is 11.3 Å². The molecule has 0 aliphatic rings. The summed E-state index contributed by atoms with van der Waals surface area (Å²) in [6, 6.07) is 14.7. The number of nitrogens with one attached hydrogen (secondary N) is 1. The van der Waals surface area contributed by atoms with E-state index in [1.54, 1.807) is 22.8 Å². The third-order valence-electron chi connectivity index (χ3n) is 3.46. The Morgan fingerprint density at radius 1 is 1.20 bits per heavy atom. The highest BCUT2D eigenvalue weighted by atomic mass is 35.5. The van der Waals surface area contributed by atoms with Crippen LogP contribution in [0.1, 0.15) is 10.4 Å². The fourth-order valence-electron chi connectivity index (χ4n) is 2.35. The first-order valence-corrected chi connectivity index (χ1v) is 9.21. The molecule has 2 heterocycles. The normalized spacial score (nSPS) is 11.8. The molecule has 0 aliphatic carbocycles. The molecule has 0 unspecified atom stereocenters. The lowest BCUT2D eigenvalue weighted by molar-refractivity contribution is -0.578. The maximum Gasteiger partial charge on any atom is 0.239 e. The Labute approximate surface area is 160 Å². The average molecular weight is 387 g/mol. The van der Waals surface area contributed by atoms with E-state index in [4.69, 9.17) is 23.8 Å². The highest BCUT2D eigenvalue weighted by molar-refractivity contribution is 7.81. The molecular formula is C19H15ClN2OS2. The summed E-state index contributed by atoms with van der Waals surface area (Å²) in [7, 11) is 0. The maximum atomic E-state index is 13.0. The Bertz CT molecular complexity index is 936. The van der Waals surface area contributed by atoms with Gasteiger partial charge in [-0.2, -0.15) is 4.57 Å². The highest BCUT2D eigenvalue weighted by Crippen LogP contribution is 2.22. The second-order valence-corrected chi connectivity index (χ2v) is 7.20. The summed E-state index contributed by atoms with van der Waals surface area (Å²) in [5.74, 6) is -0.120. The fourth-order valence-corrected chi connectivity index (χ4v) is 3.52. The van der Waals surface area contributed by atoms with Crippen LogP contribution in [0.15, 0.2) is 66.3 Å². The molecule has 0 fully saturated rings. The Morgan fingerprint density at radius 3 is 2.72 bits per heavy atom. The van der Waals surface area contributed by atoms with Gasteiger partial charge in [0.1, 0.15) is 0 Å². The molecule has 1 aromatic carbocycles. The van der Waals surface area contributed by atoms with E-state index in [2.05, 4.69) is 5.32 Å². The van der Waals surface area contributed by atoms with Gasteiger partial charge in [0.15, 0.2) is 17.4 Å². The topological polar surface area (TPSA) is 39.0 Å². The SMILES string of the molecule is Cc1ccc[n+](C(C(=S)Nc2cccc(Cl)c2)=C([O-])c2cccs2)c1. The van der Waals surface area contributed by atoms with Crippen molar-refractivity contribution in [1.29, 1.82) is 0 Å². The molecule has 0 spiro atoms. The van der Waals surface area contributed by atoms with Gasteiger partial charge in [-0.25, -0.2) is 0 Å². The van der Waals surface area contributed by atoms with E-state index >= 15 is 0 Å². The largest absolute Gasteiger partial charge is 0.867 e. The summed E-state index contributed by atoms with van der Waals surface area (Å²) in [6.45, 7) is 1.97. The monoisotopic (exact) mass is 386 g/mol. The molecule has 0 bridgehead atoms. The Morgan fingerprint density at radius 2 is 2.04 bits per heavy atom. The minimum atomic E-state index is -0.120. The van der Waals surface area contributed by atoms with E-state index in [1.165, 1.54) is 11.3 Å². The first kappa shape index (κ1) is 17.6. The van der Waals surface area contributed by atoms with Crippen LogP contribution >= 0.6 is 35.2 Å². The Hall–Kier alpha value is -2.21. The summed E-state index contributed by atoms with van der Waals surface area (Å²) in [6.07, 6.45) is 3.70. The maximum absolute atomic E-state index is 13.0. The molecule has 1 N–H and O–H groups in total. The zero-order valence-corrected chi connectivity index (χ0v) is 15.8. The Kier molecular flexibility index (Phi) is 5.48. The molecule has 6 heteroatoms. The van der Waals surface area contributed by atoms with Crippen molar-refractivity contribution in [1.82, 2.24) is 0 Å². The quantitative estimate of drug-likeness (QED) is 0.317. The van der Waals surface area contributed by atoms with Crippen LogP contribution in [0.25, 0.3) is 11.5 Å². The van der Waals surface area contributed by atoms with Crippen LogP contribution in [0.2, 0.25) is 5.02 Å². The van der Waals surface area contributed by atoms with Crippen LogP contribution in [0.3, 0.4) is 0 Å². The van der Waals surface area contributed by atoms with Crippen molar-refractivity contribution < 1.29 is 9.67 Å². The minimum Gasteiger partial charge on any atom is -0.867 e. The van der Waals surface area contributed by atoms with Gasteiger partial charge in [0.2, 0.25) is 5.70 Å². The lowest BCUT2D eigenvalue weighted by Gasteiger charge is -2.15. The molecule has 0 radical (unpaired) electrons. The number of hydrogen-bond donors (Lipinski definition) is 1. The van der Waals surface area contributed by atoms with Crippen LogP contribution in [0.4, 0.5) is 5.69 Å². The van der Waals surface area contributed by atoms with E-state index in [9.17, 15) is 5.11 Å². The standard InChI is InChI=1S/C19H15ClN2OS2/c1-13-5-3-9-22(12-13)17(18(23)16-8-4-10-25-16)19(24)21-15-7-2-6-14(20)11-15/h2-12H,1H3,(H-,21,23,24). The van der Waals surface area contributed by atoms with Crippen molar-refractivity contribution >= 4 is 57.3 Å². The number of anilines is 1. The molecule has 0 saturated heterocycles. The molecule has 25 heavy (non-hydrogen) atoms. The molecule has 3 rings (SSSR count). The van der Waals surface area contributed by atoms with Crippen LogP contribution in [0.5, 0.6) is 0 Å². The summed E-state index contributed by atoms with van der Waals surface area (Å²) < 4.78 is 1.76. The van der Waals surface area contributed by atoms with Crippen LogP contribution in [-0.2, 0) is 0 Å². The van der Waals surface area contributed by atoms with Crippen molar-refractivity contribution in [2.75, 3.05) is 5.32 Å². The molecule has 3 aromatic rings. The van der Waals surface area contributed by atoms with Crippen molar-refractivity contribution in [2.24, 2.45) is 0 Å². The number of aryl methyl sites for hydroxylation is 1. The summed E-state index contributed by atoms with van der Waals surface area (Å²) in [5.41, 5.74) is 2.17. The van der Waals surface area contributed by atoms with Gasteiger partial charge in [-0.05, 0) is 48.4 Å². The molecule has 0 amide bonds. The molecule has 3 nitrogen and oxygen atoms in total. The number of pyridine rings is 1. The van der Waals surface area contributed by atoms with Crippen molar-refractivity contribution in [2.45, 2.75) is 6.92 Å². The van der Waals surface area contributed by atoms with Crippen LogP contribution in [0, 0.1) is 6.92 Å². The highest BCUT2D eigenvalue weighted by Gasteiger charge is 2.19. The number of nitrogens with zero attached hydrogens (tertiary/aromatic N) is 1. The first-order chi connectivity index (χ1) is 12.0. The zero-order valence-electron chi connectivity index (χ0n) is 13.4. The molecule has 0 saturated carbocycles. The van der Waals surface area contributed by atoms with Crippen LogP contribution < -0.4 is 15.0 Å². The summed E-state index contributed by atoms with van der Waals surface area (Å²) in [5, 5.41) is 18.6. The molecule has 126 valence electrons. The van der Waals surface area contributed by atoms with E-state index in [0.717, 1.165) is 11.3 Å². The third kappa shape index (κ3) is 4.25.